The molecule has 0 spiro atoms. The molecule has 1 aromatic carbocycles. The van der Waals surface area contributed by atoms with E-state index >= 15 is 0 Å². The molecule has 2 nitrogen and oxygen atoms in total. The van der Waals surface area contributed by atoms with Crippen LogP contribution in [0.1, 0.15) is 40.5 Å². The van der Waals surface area contributed by atoms with Crippen molar-refractivity contribution in [2.45, 2.75) is 40.5 Å². The average Bonchev–Trinajstić information content (AvgIpc) is 2.40. The van der Waals surface area contributed by atoms with Crippen LogP contribution in [-0.4, -0.2) is 6.61 Å². The predicted molar refractivity (Wildman–Crippen MR) is 76.1 cm³/mol. The second-order valence-electron chi connectivity index (χ2n) is 4.47. The lowest BCUT2D eigenvalue weighted by molar-refractivity contribution is 0.240. The molecule has 0 aromatic heterocycles. The van der Waals surface area contributed by atoms with Gasteiger partial charge in [0.25, 0.3) is 0 Å². The first-order chi connectivity index (χ1) is 8.69. The highest BCUT2D eigenvalue weighted by atomic mass is 16.5. The normalized spacial score (nSPS) is 11.7. The smallest absolute Gasteiger partial charge is 0.130 e. The summed E-state index contributed by atoms with van der Waals surface area (Å²) in [6, 6.07) is 7.81. The lowest BCUT2D eigenvalue weighted by atomic mass is 10.1. The zero-order valence-corrected chi connectivity index (χ0v) is 11.9. The summed E-state index contributed by atoms with van der Waals surface area (Å²) in [6.45, 7) is 9.08. The maximum absolute atomic E-state index is 5.81. The van der Waals surface area contributed by atoms with Crippen molar-refractivity contribution in [1.29, 1.82) is 0 Å². The van der Waals surface area contributed by atoms with Crippen molar-refractivity contribution in [1.82, 2.24) is 0 Å². The molecule has 100 valence electrons. The Bertz CT molecular complexity index is 378. The molecule has 0 saturated carbocycles. The molecule has 0 heterocycles. The van der Waals surface area contributed by atoms with Gasteiger partial charge in [-0.25, -0.2) is 0 Å². The van der Waals surface area contributed by atoms with Gasteiger partial charge in [-0.15, -0.1) is 0 Å². The number of benzene rings is 1. The Labute approximate surface area is 111 Å². The fourth-order valence-electron chi connectivity index (χ4n) is 1.61. The molecule has 0 aliphatic carbocycles. The van der Waals surface area contributed by atoms with Gasteiger partial charge >= 0.3 is 0 Å². The minimum Gasteiger partial charge on any atom is -0.493 e. The summed E-state index contributed by atoms with van der Waals surface area (Å²) >= 11 is 0. The standard InChI is InChI=1S/C16H24O2/c1-5-13(4)18-16-10-8-9-15(11-16)17-12-14(6-2)7-3/h5,8-11,14H,6-7,12H2,1-4H3/b13-5+. The molecule has 1 rings (SSSR count). The summed E-state index contributed by atoms with van der Waals surface area (Å²) in [5, 5.41) is 0. The Morgan fingerprint density at radius 3 is 2.50 bits per heavy atom. The molecule has 0 radical (unpaired) electrons. The fourth-order valence-corrected chi connectivity index (χ4v) is 1.61. The molecule has 0 atom stereocenters. The molecular weight excluding hydrogens is 224 g/mol. The highest BCUT2D eigenvalue weighted by Gasteiger charge is 2.05. The summed E-state index contributed by atoms with van der Waals surface area (Å²) in [4.78, 5) is 0. The van der Waals surface area contributed by atoms with E-state index in [0.717, 1.165) is 36.7 Å². The van der Waals surface area contributed by atoms with E-state index in [1.165, 1.54) is 0 Å². The maximum Gasteiger partial charge on any atom is 0.130 e. The summed E-state index contributed by atoms with van der Waals surface area (Å²) in [7, 11) is 0. The van der Waals surface area contributed by atoms with Crippen LogP contribution in [0, 0.1) is 5.92 Å². The number of rotatable bonds is 7. The van der Waals surface area contributed by atoms with Crippen molar-refractivity contribution in [3.05, 3.63) is 36.1 Å². The van der Waals surface area contributed by atoms with Gasteiger partial charge in [0.2, 0.25) is 0 Å². The van der Waals surface area contributed by atoms with E-state index in [1.54, 1.807) is 0 Å². The molecule has 1 aromatic rings. The Kier molecular flexibility index (Phi) is 6.34. The molecule has 18 heavy (non-hydrogen) atoms. The van der Waals surface area contributed by atoms with Gasteiger partial charge < -0.3 is 9.47 Å². The van der Waals surface area contributed by atoms with Gasteiger partial charge in [-0.3, -0.25) is 0 Å². The van der Waals surface area contributed by atoms with Crippen LogP contribution in [0.4, 0.5) is 0 Å². The number of allylic oxidation sites excluding steroid dienone is 2. The largest absolute Gasteiger partial charge is 0.493 e. The van der Waals surface area contributed by atoms with E-state index in [9.17, 15) is 0 Å². The second-order valence-corrected chi connectivity index (χ2v) is 4.47. The Morgan fingerprint density at radius 2 is 1.89 bits per heavy atom. The quantitative estimate of drug-likeness (QED) is 0.645. The molecular formula is C16H24O2. The fraction of sp³-hybridized carbons (Fsp3) is 0.500. The third-order valence-corrected chi connectivity index (χ3v) is 3.13. The van der Waals surface area contributed by atoms with Crippen LogP contribution >= 0.6 is 0 Å². The molecule has 0 amide bonds. The second kappa shape index (κ2) is 7.80. The van der Waals surface area contributed by atoms with E-state index in [-0.39, 0.29) is 0 Å². The Hall–Kier alpha value is -1.44. The van der Waals surface area contributed by atoms with Crippen molar-refractivity contribution in [2.24, 2.45) is 5.92 Å². The van der Waals surface area contributed by atoms with Crippen LogP contribution in [0.3, 0.4) is 0 Å². The topological polar surface area (TPSA) is 18.5 Å². The molecule has 0 N–H and O–H groups in total. The molecule has 0 aliphatic rings. The van der Waals surface area contributed by atoms with E-state index in [4.69, 9.17) is 9.47 Å². The van der Waals surface area contributed by atoms with E-state index in [1.807, 2.05) is 44.2 Å². The lowest BCUT2D eigenvalue weighted by Crippen LogP contribution is -2.10. The first-order valence-corrected chi connectivity index (χ1v) is 6.73. The monoisotopic (exact) mass is 248 g/mol. The number of hydrogen-bond acceptors (Lipinski definition) is 2. The summed E-state index contributed by atoms with van der Waals surface area (Å²) in [5.74, 6) is 3.23. The highest BCUT2D eigenvalue weighted by Crippen LogP contribution is 2.22. The summed E-state index contributed by atoms with van der Waals surface area (Å²) in [5.41, 5.74) is 0. The van der Waals surface area contributed by atoms with Gasteiger partial charge in [0, 0.05) is 6.07 Å². The molecule has 0 unspecified atom stereocenters. The number of hydrogen-bond donors (Lipinski definition) is 0. The maximum atomic E-state index is 5.81. The van der Waals surface area contributed by atoms with Crippen LogP contribution in [0.15, 0.2) is 36.1 Å². The predicted octanol–water partition coefficient (Wildman–Crippen LogP) is 4.80. The third-order valence-electron chi connectivity index (χ3n) is 3.13. The minimum absolute atomic E-state index is 0.631. The van der Waals surface area contributed by atoms with Gasteiger partial charge in [0.05, 0.1) is 12.4 Å². The molecule has 0 aliphatic heterocycles. The van der Waals surface area contributed by atoms with Crippen molar-refractivity contribution >= 4 is 0 Å². The van der Waals surface area contributed by atoms with E-state index in [2.05, 4.69) is 13.8 Å². The van der Waals surface area contributed by atoms with Crippen molar-refractivity contribution < 1.29 is 9.47 Å². The first kappa shape index (κ1) is 14.6. The molecule has 0 bridgehead atoms. The van der Waals surface area contributed by atoms with Crippen LogP contribution in [0.5, 0.6) is 11.5 Å². The van der Waals surface area contributed by atoms with Crippen LogP contribution < -0.4 is 9.47 Å². The van der Waals surface area contributed by atoms with Gasteiger partial charge in [0.1, 0.15) is 11.5 Å². The molecule has 0 fully saturated rings. The third kappa shape index (κ3) is 4.82. The van der Waals surface area contributed by atoms with Crippen LogP contribution in [0.2, 0.25) is 0 Å². The van der Waals surface area contributed by atoms with E-state index < -0.39 is 0 Å². The van der Waals surface area contributed by atoms with Gasteiger partial charge in [-0.1, -0.05) is 32.8 Å². The summed E-state index contributed by atoms with van der Waals surface area (Å²) < 4.78 is 11.5. The van der Waals surface area contributed by atoms with Crippen LogP contribution in [-0.2, 0) is 0 Å². The van der Waals surface area contributed by atoms with Crippen molar-refractivity contribution in [3.8, 4) is 11.5 Å². The highest BCUT2D eigenvalue weighted by molar-refractivity contribution is 5.33. The molecule has 0 saturated heterocycles. The first-order valence-electron chi connectivity index (χ1n) is 6.73. The van der Waals surface area contributed by atoms with Gasteiger partial charge in [-0.05, 0) is 38.0 Å². The SMILES string of the molecule is C/C=C(\C)Oc1cccc(OCC(CC)CC)c1. The Morgan fingerprint density at radius 1 is 1.22 bits per heavy atom. The van der Waals surface area contributed by atoms with Crippen molar-refractivity contribution in [3.63, 3.8) is 0 Å². The number of ether oxygens (including phenoxy) is 2. The lowest BCUT2D eigenvalue weighted by Gasteiger charge is -2.14. The van der Waals surface area contributed by atoms with Gasteiger partial charge in [-0.2, -0.15) is 0 Å². The van der Waals surface area contributed by atoms with Crippen LogP contribution in [0.25, 0.3) is 0 Å². The molecule has 2 heteroatoms. The zero-order valence-electron chi connectivity index (χ0n) is 11.9. The average molecular weight is 248 g/mol. The Balaban J connectivity index is 2.59. The van der Waals surface area contributed by atoms with E-state index in [0.29, 0.717) is 5.92 Å². The minimum atomic E-state index is 0.631. The van der Waals surface area contributed by atoms with Gasteiger partial charge in [0.15, 0.2) is 0 Å². The zero-order chi connectivity index (χ0) is 13.4. The van der Waals surface area contributed by atoms with Crippen molar-refractivity contribution in [2.75, 3.05) is 6.61 Å². The summed E-state index contributed by atoms with van der Waals surface area (Å²) in [6.07, 6.45) is 4.26.